The standard InChI is InChI=1S/C15H24N2O3/c1-4-6-8-16(3)10-13-15(20)14(19)9-12(11-18)17(13)7-5-2/h5,9,18,20H,2,4,6-8,10-11H2,1,3H3. The molecule has 0 saturated heterocycles. The molecule has 1 heterocycles. The summed E-state index contributed by atoms with van der Waals surface area (Å²) in [7, 11) is 1.95. The molecule has 2 N–H and O–H groups in total. The second-order valence-corrected chi connectivity index (χ2v) is 4.94. The van der Waals surface area contributed by atoms with Gasteiger partial charge in [0, 0.05) is 24.8 Å². The van der Waals surface area contributed by atoms with Crippen LogP contribution in [0.1, 0.15) is 31.2 Å². The van der Waals surface area contributed by atoms with Crippen LogP contribution in [0.25, 0.3) is 0 Å². The van der Waals surface area contributed by atoms with Crippen LogP contribution >= 0.6 is 0 Å². The largest absolute Gasteiger partial charge is 0.503 e. The SMILES string of the molecule is C=CCn1c(CO)cc(=O)c(O)c1CN(C)CCCC. The fraction of sp³-hybridized carbons (Fsp3) is 0.533. The lowest BCUT2D eigenvalue weighted by molar-refractivity contribution is 0.263. The lowest BCUT2D eigenvalue weighted by atomic mass is 10.2. The lowest BCUT2D eigenvalue weighted by Crippen LogP contribution is -2.25. The molecular formula is C15H24N2O3. The van der Waals surface area contributed by atoms with Crippen LogP contribution in [0.5, 0.6) is 5.75 Å². The van der Waals surface area contributed by atoms with Crippen LogP contribution in [-0.4, -0.2) is 33.3 Å². The van der Waals surface area contributed by atoms with Gasteiger partial charge < -0.3 is 19.7 Å². The first-order valence-corrected chi connectivity index (χ1v) is 6.90. The number of pyridine rings is 1. The summed E-state index contributed by atoms with van der Waals surface area (Å²) in [5.41, 5.74) is 0.569. The van der Waals surface area contributed by atoms with E-state index in [4.69, 9.17) is 0 Å². The molecule has 0 aliphatic rings. The molecule has 5 heteroatoms. The van der Waals surface area contributed by atoms with Gasteiger partial charge in [-0.1, -0.05) is 19.4 Å². The van der Waals surface area contributed by atoms with Gasteiger partial charge in [0.05, 0.1) is 12.3 Å². The van der Waals surface area contributed by atoms with Crippen molar-refractivity contribution in [2.24, 2.45) is 0 Å². The minimum Gasteiger partial charge on any atom is -0.503 e. The van der Waals surface area contributed by atoms with Crippen LogP contribution in [0, 0.1) is 0 Å². The Morgan fingerprint density at radius 3 is 2.75 bits per heavy atom. The summed E-state index contributed by atoms with van der Waals surface area (Å²) in [5, 5.41) is 19.4. The van der Waals surface area contributed by atoms with E-state index < -0.39 is 5.43 Å². The normalized spacial score (nSPS) is 11.0. The van der Waals surface area contributed by atoms with Gasteiger partial charge in [-0.3, -0.25) is 4.79 Å². The summed E-state index contributed by atoms with van der Waals surface area (Å²) in [6, 6.07) is 1.27. The monoisotopic (exact) mass is 280 g/mol. The maximum absolute atomic E-state index is 11.8. The van der Waals surface area contributed by atoms with Gasteiger partial charge in [0.15, 0.2) is 5.75 Å². The number of nitrogens with zero attached hydrogens (tertiary/aromatic N) is 2. The zero-order valence-corrected chi connectivity index (χ0v) is 12.3. The Morgan fingerprint density at radius 2 is 2.20 bits per heavy atom. The fourth-order valence-electron chi connectivity index (χ4n) is 2.15. The smallest absolute Gasteiger partial charge is 0.223 e. The number of rotatable bonds is 8. The van der Waals surface area contributed by atoms with Crippen LogP contribution in [0.4, 0.5) is 0 Å². The first-order chi connectivity index (χ1) is 9.54. The van der Waals surface area contributed by atoms with E-state index in [-0.39, 0.29) is 12.4 Å². The molecule has 0 radical (unpaired) electrons. The Morgan fingerprint density at radius 1 is 1.50 bits per heavy atom. The van der Waals surface area contributed by atoms with E-state index >= 15 is 0 Å². The Balaban J connectivity index is 3.16. The molecule has 0 saturated carbocycles. The molecule has 1 aromatic rings. The predicted molar refractivity (Wildman–Crippen MR) is 79.7 cm³/mol. The lowest BCUT2D eigenvalue weighted by Gasteiger charge is -2.22. The van der Waals surface area contributed by atoms with Crippen LogP contribution in [0.15, 0.2) is 23.5 Å². The van der Waals surface area contributed by atoms with Gasteiger partial charge in [0.1, 0.15) is 0 Å². The predicted octanol–water partition coefficient (Wildman–Crippen LogP) is 1.46. The van der Waals surface area contributed by atoms with Gasteiger partial charge in [0.25, 0.3) is 0 Å². The Bertz CT molecular complexity index is 509. The Kier molecular flexibility index (Phi) is 6.48. The highest BCUT2D eigenvalue weighted by molar-refractivity contribution is 5.30. The zero-order valence-electron chi connectivity index (χ0n) is 12.3. The summed E-state index contributed by atoms with van der Waals surface area (Å²) in [6.45, 7) is 7.35. The fourth-order valence-corrected chi connectivity index (χ4v) is 2.15. The van der Waals surface area contributed by atoms with Crippen molar-refractivity contribution in [1.82, 2.24) is 9.47 Å². The molecular weight excluding hydrogens is 256 g/mol. The number of hydrogen-bond donors (Lipinski definition) is 2. The van der Waals surface area contributed by atoms with E-state index in [9.17, 15) is 15.0 Å². The third kappa shape index (κ3) is 3.95. The van der Waals surface area contributed by atoms with Gasteiger partial charge >= 0.3 is 0 Å². The summed E-state index contributed by atoms with van der Waals surface area (Å²) >= 11 is 0. The van der Waals surface area contributed by atoms with Crippen molar-refractivity contribution in [1.29, 1.82) is 0 Å². The summed E-state index contributed by atoms with van der Waals surface area (Å²) < 4.78 is 1.74. The number of aliphatic hydroxyl groups excluding tert-OH is 1. The zero-order chi connectivity index (χ0) is 15.1. The molecule has 0 aromatic carbocycles. The first kappa shape index (κ1) is 16.5. The molecule has 0 aliphatic heterocycles. The van der Waals surface area contributed by atoms with E-state index in [0.29, 0.717) is 24.5 Å². The van der Waals surface area contributed by atoms with Crippen LogP contribution in [-0.2, 0) is 19.7 Å². The van der Waals surface area contributed by atoms with Gasteiger partial charge in [-0.05, 0) is 20.0 Å². The van der Waals surface area contributed by atoms with Crippen molar-refractivity contribution in [3.05, 3.63) is 40.3 Å². The van der Waals surface area contributed by atoms with Gasteiger partial charge in [-0.25, -0.2) is 0 Å². The summed E-state index contributed by atoms with van der Waals surface area (Å²) in [6.07, 6.45) is 3.83. The van der Waals surface area contributed by atoms with Crippen molar-refractivity contribution in [3.63, 3.8) is 0 Å². The molecule has 1 aromatic heterocycles. The Hall–Kier alpha value is -1.59. The number of aromatic nitrogens is 1. The van der Waals surface area contributed by atoms with E-state index in [1.165, 1.54) is 6.07 Å². The van der Waals surface area contributed by atoms with Gasteiger partial charge in [-0.15, -0.1) is 6.58 Å². The molecule has 1 rings (SSSR count). The molecule has 5 nitrogen and oxygen atoms in total. The summed E-state index contributed by atoms with van der Waals surface area (Å²) in [4.78, 5) is 13.8. The van der Waals surface area contributed by atoms with Crippen molar-refractivity contribution < 1.29 is 10.2 Å². The molecule has 20 heavy (non-hydrogen) atoms. The average Bonchev–Trinajstić information content (AvgIpc) is 2.44. The maximum Gasteiger partial charge on any atom is 0.223 e. The number of aliphatic hydroxyl groups is 1. The molecule has 0 amide bonds. The van der Waals surface area contributed by atoms with Crippen molar-refractivity contribution >= 4 is 0 Å². The quantitative estimate of drug-likeness (QED) is 0.708. The van der Waals surface area contributed by atoms with Crippen molar-refractivity contribution in [2.75, 3.05) is 13.6 Å². The molecule has 0 spiro atoms. The van der Waals surface area contributed by atoms with Gasteiger partial charge in [0.2, 0.25) is 5.43 Å². The first-order valence-electron chi connectivity index (χ1n) is 6.90. The minimum atomic E-state index is -0.451. The Labute approximate surface area is 119 Å². The molecule has 0 bridgehead atoms. The van der Waals surface area contributed by atoms with Gasteiger partial charge in [-0.2, -0.15) is 0 Å². The highest BCUT2D eigenvalue weighted by Crippen LogP contribution is 2.17. The van der Waals surface area contributed by atoms with Crippen LogP contribution < -0.4 is 5.43 Å². The highest BCUT2D eigenvalue weighted by Gasteiger charge is 2.15. The molecule has 0 aliphatic carbocycles. The maximum atomic E-state index is 11.8. The highest BCUT2D eigenvalue weighted by atomic mass is 16.3. The van der Waals surface area contributed by atoms with Crippen molar-refractivity contribution in [2.45, 2.75) is 39.5 Å². The van der Waals surface area contributed by atoms with Crippen molar-refractivity contribution in [3.8, 4) is 5.75 Å². The molecule has 0 unspecified atom stereocenters. The number of hydrogen-bond acceptors (Lipinski definition) is 4. The average molecular weight is 280 g/mol. The third-order valence-electron chi connectivity index (χ3n) is 3.26. The third-order valence-corrected chi connectivity index (χ3v) is 3.26. The second-order valence-electron chi connectivity index (χ2n) is 4.94. The summed E-state index contributed by atoms with van der Waals surface area (Å²) in [5.74, 6) is -0.243. The minimum absolute atomic E-state index is 0.241. The number of allylic oxidation sites excluding steroid dienone is 1. The molecule has 112 valence electrons. The van der Waals surface area contributed by atoms with E-state index in [2.05, 4.69) is 18.4 Å². The number of aromatic hydroxyl groups is 1. The van der Waals surface area contributed by atoms with Crippen LogP contribution in [0.2, 0.25) is 0 Å². The second kappa shape index (κ2) is 7.87. The molecule has 0 fully saturated rings. The van der Waals surface area contributed by atoms with E-state index in [0.717, 1.165) is 19.4 Å². The molecule has 0 atom stereocenters. The van der Waals surface area contributed by atoms with Crippen LogP contribution in [0.3, 0.4) is 0 Å². The van der Waals surface area contributed by atoms with E-state index in [1.807, 2.05) is 7.05 Å². The van der Waals surface area contributed by atoms with E-state index in [1.54, 1.807) is 10.6 Å². The topological polar surface area (TPSA) is 65.7 Å². The number of unbranched alkanes of at least 4 members (excludes halogenated alkanes) is 1.